The van der Waals surface area contributed by atoms with Crippen LogP contribution < -0.4 is 0 Å². The van der Waals surface area contributed by atoms with Gasteiger partial charge >= 0.3 is 27.3 Å². The van der Waals surface area contributed by atoms with E-state index < -0.39 is 0 Å². The summed E-state index contributed by atoms with van der Waals surface area (Å²) in [6.45, 7) is 3.75. The van der Waals surface area contributed by atoms with Crippen LogP contribution in [0.1, 0.15) is 23.0 Å². The van der Waals surface area contributed by atoms with Crippen LogP contribution in [0.2, 0.25) is 0 Å². The third-order valence-corrected chi connectivity index (χ3v) is 4.55. The molecular formula is C16H18CdN4O2S4. The summed E-state index contributed by atoms with van der Waals surface area (Å²) in [5, 5.41) is 15.0. The molecule has 0 saturated carbocycles. The monoisotopic (exact) mass is 540 g/mol. The molecule has 0 radical (unpaired) electrons. The van der Waals surface area contributed by atoms with Gasteiger partial charge < -0.3 is 34.1 Å². The average Bonchev–Trinajstić information content (AvgIpc) is 3.23. The van der Waals surface area contributed by atoms with Crippen molar-refractivity contribution < 1.29 is 36.1 Å². The largest absolute Gasteiger partial charge is 2.00 e. The number of nitrogens with zero attached hydrogens (tertiary/aromatic N) is 4. The van der Waals surface area contributed by atoms with Crippen molar-refractivity contribution in [3.63, 3.8) is 0 Å². The van der Waals surface area contributed by atoms with Gasteiger partial charge in [-0.15, -0.1) is 23.5 Å². The first-order valence-corrected chi connectivity index (χ1v) is 10.5. The maximum atomic E-state index is 5.24. The smallest absolute Gasteiger partial charge is 0.752 e. The van der Waals surface area contributed by atoms with Crippen molar-refractivity contribution in [2.45, 2.75) is 13.8 Å². The summed E-state index contributed by atoms with van der Waals surface area (Å²) in [7, 11) is 0. The molecule has 0 aliphatic carbocycles. The van der Waals surface area contributed by atoms with E-state index in [2.05, 4.69) is 20.4 Å². The van der Waals surface area contributed by atoms with Crippen LogP contribution >= 0.6 is 23.5 Å². The first kappa shape index (κ1) is 26.3. The van der Waals surface area contributed by atoms with Crippen molar-refractivity contribution in [2.24, 2.45) is 20.4 Å². The van der Waals surface area contributed by atoms with E-state index in [9.17, 15) is 0 Å². The van der Waals surface area contributed by atoms with Crippen molar-refractivity contribution in [2.75, 3.05) is 12.5 Å². The molecule has 0 unspecified atom stereocenters. The van der Waals surface area contributed by atoms with E-state index in [0.29, 0.717) is 20.3 Å². The molecule has 0 aliphatic heterocycles. The molecule has 140 valence electrons. The molecule has 2 aromatic rings. The maximum absolute atomic E-state index is 5.24. The summed E-state index contributed by atoms with van der Waals surface area (Å²) in [6, 6.07) is 7.40. The first-order valence-electron chi connectivity index (χ1n) is 7.21. The van der Waals surface area contributed by atoms with Crippen molar-refractivity contribution in [3.05, 3.63) is 47.3 Å². The van der Waals surface area contributed by atoms with Crippen LogP contribution in [0.25, 0.3) is 0 Å². The topological polar surface area (TPSA) is 75.7 Å². The minimum Gasteiger partial charge on any atom is -0.752 e. The molecule has 6 nitrogen and oxygen atoms in total. The van der Waals surface area contributed by atoms with Crippen LogP contribution in [-0.4, -0.2) is 33.7 Å². The Morgan fingerprint density at radius 2 is 1.19 bits per heavy atom. The van der Waals surface area contributed by atoms with Gasteiger partial charge in [-0.3, -0.25) is 0 Å². The Bertz CT molecular complexity index is 734. The third kappa shape index (κ3) is 12.4. The maximum Gasteiger partial charge on any atom is 2.00 e. The molecule has 2 aromatic heterocycles. The van der Waals surface area contributed by atoms with Crippen LogP contribution in [0.15, 0.2) is 53.5 Å². The van der Waals surface area contributed by atoms with Gasteiger partial charge in [-0.05, 0) is 59.4 Å². The zero-order valence-corrected chi connectivity index (χ0v) is 22.7. The molecular weight excluding hydrogens is 521 g/mol. The number of thioether (sulfide) groups is 2. The second kappa shape index (κ2) is 15.3. The van der Waals surface area contributed by atoms with Gasteiger partial charge in [0.25, 0.3) is 0 Å². The van der Waals surface area contributed by atoms with Crippen molar-refractivity contribution in [1.29, 1.82) is 0 Å². The van der Waals surface area contributed by atoms with Crippen molar-refractivity contribution >= 4 is 70.0 Å². The number of rotatable bonds is 4. The van der Waals surface area contributed by atoms with Gasteiger partial charge in [0, 0.05) is 0 Å². The molecule has 27 heavy (non-hydrogen) atoms. The predicted molar refractivity (Wildman–Crippen MR) is 119 cm³/mol. The predicted octanol–water partition coefficient (Wildman–Crippen LogP) is 4.37. The van der Waals surface area contributed by atoms with Gasteiger partial charge in [-0.25, -0.2) is 0 Å². The molecule has 2 heterocycles. The third-order valence-electron chi connectivity index (χ3n) is 2.52. The Balaban J connectivity index is 0.000000483. The number of aryl methyl sites for hydroxylation is 2. The molecule has 0 saturated heterocycles. The summed E-state index contributed by atoms with van der Waals surface area (Å²) < 4.78 is 11.5. The average molecular weight is 539 g/mol. The summed E-state index contributed by atoms with van der Waals surface area (Å²) >= 11 is 12.4. The van der Waals surface area contributed by atoms with E-state index in [0.717, 1.165) is 11.5 Å². The van der Waals surface area contributed by atoms with E-state index in [4.69, 9.17) is 34.1 Å². The molecule has 0 aliphatic rings. The Morgan fingerprint density at radius 3 is 1.44 bits per heavy atom. The number of hydrogen-bond donors (Lipinski definition) is 0. The van der Waals surface area contributed by atoms with Crippen LogP contribution in [0.4, 0.5) is 0 Å². The molecule has 0 spiro atoms. The van der Waals surface area contributed by atoms with Crippen LogP contribution in [-0.2, 0) is 52.6 Å². The molecule has 2 rings (SSSR count). The molecule has 0 amide bonds. The summed E-state index contributed by atoms with van der Waals surface area (Å²) in [5.41, 5.74) is 0. The first-order chi connectivity index (χ1) is 12.4. The van der Waals surface area contributed by atoms with E-state index in [1.807, 2.05) is 50.6 Å². The van der Waals surface area contributed by atoms with Crippen molar-refractivity contribution in [1.82, 2.24) is 0 Å². The zero-order valence-electron chi connectivity index (χ0n) is 15.4. The molecule has 0 N–H and O–H groups in total. The fourth-order valence-corrected chi connectivity index (χ4v) is 1.74. The summed E-state index contributed by atoms with van der Waals surface area (Å²) in [5.74, 6) is 3.08. The molecule has 0 aromatic carbocycles. The van der Waals surface area contributed by atoms with E-state index in [1.165, 1.54) is 36.0 Å². The molecule has 0 fully saturated rings. The Morgan fingerprint density at radius 1 is 0.815 bits per heavy atom. The zero-order chi connectivity index (χ0) is 19.4. The number of hydrogen-bond acceptors (Lipinski definition) is 10. The molecule has 0 bridgehead atoms. The van der Waals surface area contributed by atoms with Crippen LogP contribution in [0, 0.1) is 13.8 Å². The van der Waals surface area contributed by atoms with Gasteiger partial charge in [0.05, 0.1) is 12.4 Å². The van der Waals surface area contributed by atoms with Gasteiger partial charge in [-0.2, -0.15) is 20.4 Å². The van der Waals surface area contributed by atoms with E-state index in [-0.39, 0.29) is 27.3 Å². The Hall–Kier alpha value is -0.698. The molecule has 0 atom stereocenters. The van der Waals surface area contributed by atoms with Crippen LogP contribution in [0.5, 0.6) is 0 Å². The summed E-state index contributed by atoms with van der Waals surface area (Å²) in [4.78, 5) is 0. The second-order valence-corrected chi connectivity index (χ2v) is 7.41. The van der Waals surface area contributed by atoms with E-state index in [1.54, 1.807) is 0 Å². The second-order valence-electron chi connectivity index (χ2n) is 4.53. The minimum atomic E-state index is 0. The SMILES string of the molecule is CS/C([S-])=N/N=C/c1ccc(C)o1.CS/C([S-])=N/N=C/c1ccc(C)o1.[Cd+2]. The normalized spacial score (nSPS) is 12.1. The minimum absolute atomic E-state index is 0. The fourth-order valence-electron chi connectivity index (χ4n) is 1.39. The number of furan rings is 2. The van der Waals surface area contributed by atoms with Gasteiger partial charge in [0.15, 0.2) is 0 Å². The fraction of sp³-hybridized carbons (Fsp3) is 0.250. The molecule has 11 heteroatoms. The Kier molecular flexibility index (Phi) is 14.9. The van der Waals surface area contributed by atoms with Crippen molar-refractivity contribution in [3.8, 4) is 0 Å². The van der Waals surface area contributed by atoms with E-state index >= 15 is 0 Å². The summed E-state index contributed by atoms with van der Waals surface area (Å²) in [6.07, 6.45) is 6.79. The van der Waals surface area contributed by atoms with Crippen LogP contribution in [0.3, 0.4) is 0 Å². The quantitative estimate of drug-likeness (QED) is 0.189. The van der Waals surface area contributed by atoms with Gasteiger partial charge in [0.1, 0.15) is 23.0 Å². The van der Waals surface area contributed by atoms with Gasteiger partial charge in [0.2, 0.25) is 0 Å². The van der Waals surface area contributed by atoms with Gasteiger partial charge in [-0.1, -0.05) is 0 Å². The standard InChI is InChI=1S/2C8H10N2OS2.Cd/c2*1-6-3-4-7(11-6)5-9-10-8(12)13-2;/h2*3-5H,1-2H3,(H,10,12);/q;;+2/p-2/b2*9-5+;. The Labute approximate surface area is 198 Å².